The van der Waals surface area contributed by atoms with Gasteiger partial charge in [-0.05, 0) is 39.2 Å². The number of aromatic nitrogens is 1. The lowest BCUT2D eigenvalue weighted by atomic mass is 9.98. The summed E-state index contributed by atoms with van der Waals surface area (Å²) in [4.78, 5) is 27.1. The van der Waals surface area contributed by atoms with Gasteiger partial charge in [0, 0.05) is 18.3 Å². The Labute approximate surface area is 145 Å². The molecule has 0 unspecified atom stereocenters. The van der Waals surface area contributed by atoms with Crippen molar-refractivity contribution in [2.24, 2.45) is 0 Å². The number of Topliss-reactive ketones (excluding diaryl/α,β-unsaturated/α-hetero) is 1. The van der Waals surface area contributed by atoms with Gasteiger partial charge in [-0.1, -0.05) is 23.4 Å². The number of ketones is 2. The lowest BCUT2D eigenvalue weighted by molar-refractivity contribution is 0.0983. The topological polar surface area (TPSA) is 87.5 Å². The van der Waals surface area contributed by atoms with Crippen LogP contribution in [0.25, 0.3) is 0 Å². The fourth-order valence-electron chi connectivity index (χ4n) is 2.56. The Morgan fingerprint density at radius 3 is 2.64 bits per heavy atom. The molecule has 2 N–H and O–H groups in total. The zero-order chi connectivity index (χ0) is 17.8. The SMILES string of the molecule is CN(C)CCCNc1onc2c1C(=O)C(Nc1ccccc1)=CC2=O. The van der Waals surface area contributed by atoms with E-state index in [1.807, 2.05) is 44.4 Å². The predicted octanol–water partition coefficient (Wildman–Crippen LogP) is 2.41. The number of hydrogen-bond acceptors (Lipinski definition) is 7. The number of anilines is 2. The maximum absolute atomic E-state index is 12.8. The summed E-state index contributed by atoms with van der Waals surface area (Å²) in [5, 5.41) is 9.80. The molecule has 0 spiro atoms. The van der Waals surface area contributed by atoms with Gasteiger partial charge in [0.05, 0.1) is 5.70 Å². The van der Waals surface area contributed by atoms with Crippen molar-refractivity contribution in [3.63, 3.8) is 0 Å². The molecule has 0 amide bonds. The number of allylic oxidation sites excluding steroid dienone is 2. The average molecular weight is 340 g/mol. The van der Waals surface area contributed by atoms with Gasteiger partial charge in [0.15, 0.2) is 5.69 Å². The molecule has 7 nitrogen and oxygen atoms in total. The molecule has 1 heterocycles. The summed E-state index contributed by atoms with van der Waals surface area (Å²) in [6.45, 7) is 1.52. The third-order valence-electron chi connectivity index (χ3n) is 3.79. The predicted molar refractivity (Wildman–Crippen MR) is 95.0 cm³/mol. The Bertz CT molecular complexity index is 809. The minimum absolute atomic E-state index is 0.0544. The molecule has 0 saturated carbocycles. The third-order valence-corrected chi connectivity index (χ3v) is 3.79. The van der Waals surface area contributed by atoms with Crippen molar-refractivity contribution in [1.29, 1.82) is 0 Å². The molecule has 1 aromatic heterocycles. The Balaban J connectivity index is 1.76. The van der Waals surface area contributed by atoms with E-state index in [-0.39, 0.29) is 34.4 Å². The minimum atomic E-state index is -0.349. The van der Waals surface area contributed by atoms with Crippen LogP contribution in [0, 0.1) is 0 Å². The monoisotopic (exact) mass is 340 g/mol. The van der Waals surface area contributed by atoms with Gasteiger partial charge in [0.2, 0.25) is 17.5 Å². The first-order valence-corrected chi connectivity index (χ1v) is 8.07. The fraction of sp³-hybridized carbons (Fsp3) is 0.278. The van der Waals surface area contributed by atoms with Gasteiger partial charge in [-0.3, -0.25) is 9.59 Å². The quantitative estimate of drug-likeness (QED) is 0.748. The molecule has 25 heavy (non-hydrogen) atoms. The number of carbonyl (C=O) groups is 2. The van der Waals surface area contributed by atoms with Gasteiger partial charge in [-0.2, -0.15) is 0 Å². The van der Waals surface area contributed by atoms with E-state index in [0.717, 1.165) is 18.7 Å². The Hall–Kier alpha value is -2.93. The van der Waals surface area contributed by atoms with Gasteiger partial charge in [0.1, 0.15) is 5.56 Å². The van der Waals surface area contributed by atoms with Crippen LogP contribution in [0.5, 0.6) is 0 Å². The molecule has 1 aromatic carbocycles. The lowest BCUT2D eigenvalue weighted by Crippen LogP contribution is -2.22. The third kappa shape index (κ3) is 3.77. The van der Waals surface area contributed by atoms with Crippen LogP contribution in [0.3, 0.4) is 0 Å². The molecule has 0 bridgehead atoms. The molecule has 0 fully saturated rings. The van der Waals surface area contributed by atoms with E-state index >= 15 is 0 Å². The standard InChI is InChI=1S/C18H20N4O3/c1-22(2)10-6-9-19-18-15-16(21-25-18)14(23)11-13(17(15)24)20-12-7-4-3-5-8-12/h3-5,7-8,11,19-20H,6,9-10H2,1-2H3. The zero-order valence-electron chi connectivity index (χ0n) is 14.2. The molecule has 1 aliphatic rings. The maximum atomic E-state index is 12.8. The van der Waals surface area contributed by atoms with Gasteiger partial charge < -0.3 is 20.1 Å². The van der Waals surface area contributed by atoms with E-state index in [1.54, 1.807) is 0 Å². The Morgan fingerprint density at radius 2 is 1.92 bits per heavy atom. The first-order valence-electron chi connectivity index (χ1n) is 8.07. The van der Waals surface area contributed by atoms with Crippen molar-refractivity contribution in [2.45, 2.75) is 6.42 Å². The van der Waals surface area contributed by atoms with Crippen molar-refractivity contribution >= 4 is 23.1 Å². The molecular formula is C18H20N4O3. The second-order valence-electron chi connectivity index (χ2n) is 6.06. The highest BCUT2D eigenvalue weighted by molar-refractivity contribution is 6.26. The summed E-state index contributed by atoms with van der Waals surface area (Å²) >= 11 is 0. The van der Waals surface area contributed by atoms with Crippen molar-refractivity contribution in [3.8, 4) is 0 Å². The summed E-state index contributed by atoms with van der Waals surface area (Å²) < 4.78 is 5.19. The van der Waals surface area contributed by atoms with Gasteiger partial charge in [-0.15, -0.1) is 0 Å². The van der Waals surface area contributed by atoms with E-state index in [0.29, 0.717) is 6.54 Å². The van der Waals surface area contributed by atoms with Gasteiger partial charge in [-0.25, -0.2) is 0 Å². The first-order chi connectivity index (χ1) is 12.1. The molecule has 1 aliphatic carbocycles. The smallest absolute Gasteiger partial charge is 0.236 e. The van der Waals surface area contributed by atoms with E-state index in [1.165, 1.54) is 6.08 Å². The van der Waals surface area contributed by atoms with Crippen LogP contribution >= 0.6 is 0 Å². The van der Waals surface area contributed by atoms with Crippen molar-refractivity contribution < 1.29 is 14.1 Å². The Kier molecular flexibility index (Phi) is 4.95. The van der Waals surface area contributed by atoms with Crippen molar-refractivity contribution in [3.05, 3.63) is 53.4 Å². The Morgan fingerprint density at radius 1 is 1.16 bits per heavy atom. The summed E-state index contributed by atoms with van der Waals surface area (Å²) in [6, 6.07) is 9.21. The summed E-state index contributed by atoms with van der Waals surface area (Å²) in [5.41, 5.74) is 1.19. The first kappa shape index (κ1) is 16.9. The lowest BCUT2D eigenvalue weighted by Gasteiger charge is -2.14. The normalized spacial score (nSPS) is 13.6. The molecule has 0 saturated heterocycles. The molecule has 0 radical (unpaired) electrons. The van der Waals surface area contributed by atoms with Gasteiger partial charge in [0.25, 0.3) is 0 Å². The molecule has 7 heteroatoms. The van der Waals surface area contributed by atoms with E-state index < -0.39 is 0 Å². The molecule has 3 rings (SSSR count). The van der Waals surface area contributed by atoms with Crippen molar-refractivity contribution in [1.82, 2.24) is 10.1 Å². The number of carbonyl (C=O) groups excluding carboxylic acids is 2. The molecule has 2 aromatic rings. The van der Waals surface area contributed by atoms with Crippen LogP contribution in [0.15, 0.2) is 46.6 Å². The molecule has 0 aliphatic heterocycles. The average Bonchev–Trinajstić information content (AvgIpc) is 3.02. The zero-order valence-corrected chi connectivity index (χ0v) is 14.2. The van der Waals surface area contributed by atoms with Crippen LogP contribution in [0.2, 0.25) is 0 Å². The van der Waals surface area contributed by atoms with E-state index in [9.17, 15) is 9.59 Å². The highest BCUT2D eigenvalue weighted by Crippen LogP contribution is 2.28. The molecular weight excluding hydrogens is 320 g/mol. The fourth-order valence-corrected chi connectivity index (χ4v) is 2.56. The summed E-state index contributed by atoms with van der Waals surface area (Å²) in [7, 11) is 3.98. The number of nitrogens with zero attached hydrogens (tertiary/aromatic N) is 2. The summed E-state index contributed by atoms with van der Waals surface area (Å²) in [5.74, 6) is -0.416. The number of hydrogen-bond donors (Lipinski definition) is 2. The number of fused-ring (bicyclic) bond motifs is 1. The van der Waals surface area contributed by atoms with E-state index in [4.69, 9.17) is 4.52 Å². The second-order valence-corrected chi connectivity index (χ2v) is 6.06. The minimum Gasteiger partial charge on any atom is -0.353 e. The largest absolute Gasteiger partial charge is 0.353 e. The van der Waals surface area contributed by atoms with Crippen LogP contribution in [0.4, 0.5) is 11.6 Å². The van der Waals surface area contributed by atoms with Crippen molar-refractivity contribution in [2.75, 3.05) is 37.8 Å². The van der Waals surface area contributed by atoms with Crippen LogP contribution in [-0.4, -0.2) is 48.8 Å². The summed E-state index contributed by atoms with van der Waals surface area (Å²) in [6.07, 6.45) is 2.13. The van der Waals surface area contributed by atoms with Gasteiger partial charge >= 0.3 is 0 Å². The number of benzene rings is 1. The highest BCUT2D eigenvalue weighted by atomic mass is 16.5. The number of rotatable bonds is 7. The highest BCUT2D eigenvalue weighted by Gasteiger charge is 2.33. The second kappa shape index (κ2) is 7.31. The molecule has 0 atom stereocenters. The van der Waals surface area contributed by atoms with Crippen LogP contribution in [-0.2, 0) is 0 Å². The number of para-hydroxylation sites is 1. The van der Waals surface area contributed by atoms with E-state index in [2.05, 4.69) is 20.7 Å². The van der Waals surface area contributed by atoms with Crippen LogP contribution in [0.1, 0.15) is 27.3 Å². The maximum Gasteiger partial charge on any atom is 0.236 e. The van der Waals surface area contributed by atoms with Crippen LogP contribution < -0.4 is 10.6 Å². The molecule has 130 valence electrons. The number of nitrogens with one attached hydrogen (secondary N) is 2.